The largest absolute Gasteiger partial charge is 0.322 e. The number of carbonyl (C=O) groups excluding carboxylic acids is 2. The molecule has 30 heavy (non-hydrogen) atoms. The van der Waals surface area contributed by atoms with E-state index >= 15 is 0 Å². The summed E-state index contributed by atoms with van der Waals surface area (Å²) >= 11 is 1.60. The highest BCUT2D eigenvalue weighted by Gasteiger charge is 2.34. The number of aryl methyl sites for hydroxylation is 2. The molecule has 4 nitrogen and oxygen atoms in total. The van der Waals surface area contributed by atoms with Crippen LogP contribution >= 0.6 is 11.8 Å². The summed E-state index contributed by atoms with van der Waals surface area (Å²) in [5, 5.41) is 2.87. The molecule has 5 heteroatoms. The molecule has 4 rings (SSSR count). The van der Waals surface area contributed by atoms with E-state index in [0.29, 0.717) is 11.3 Å². The first-order chi connectivity index (χ1) is 14.5. The summed E-state index contributed by atoms with van der Waals surface area (Å²) in [5.74, 6) is 0.401. The molecule has 3 aromatic carbocycles. The molecule has 3 aromatic rings. The summed E-state index contributed by atoms with van der Waals surface area (Å²) in [5.41, 5.74) is 5.60. The number of nitrogens with zero attached hydrogens (tertiary/aromatic N) is 1. The molecule has 152 valence electrons. The molecule has 1 heterocycles. The van der Waals surface area contributed by atoms with Crippen LogP contribution in [-0.2, 0) is 11.2 Å². The molecule has 1 N–H and O–H groups in total. The van der Waals surface area contributed by atoms with E-state index in [2.05, 4.69) is 12.2 Å². The predicted molar refractivity (Wildman–Crippen MR) is 124 cm³/mol. The lowest BCUT2D eigenvalue weighted by atomic mass is 10.1. The number of carbonyl (C=O) groups is 2. The Balaban J connectivity index is 1.55. The maximum atomic E-state index is 12.6. The summed E-state index contributed by atoms with van der Waals surface area (Å²) in [4.78, 5) is 27.1. The van der Waals surface area contributed by atoms with Crippen molar-refractivity contribution in [3.05, 3.63) is 95.1 Å². The highest BCUT2D eigenvalue weighted by atomic mass is 32.2. The Morgan fingerprint density at radius 2 is 1.80 bits per heavy atom. The number of hydrogen-bond acceptors (Lipinski definition) is 3. The second-order valence-electron chi connectivity index (χ2n) is 7.39. The average Bonchev–Trinajstić information content (AvgIpc) is 3.16. The van der Waals surface area contributed by atoms with Crippen LogP contribution in [0.25, 0.3) is 0 Å². The van der Waals surface area contributed by atoms with Crippen LogP contribution in [0.5, 0.6) is 0 Å². The van der Waals surface area contributed by atoms with E-state index in [4.69, 9.17) is 0 Å². The van der Waals surface area contributed by atoms with E-state index in [1.807, 2.05) is 84.6 Å². The van der Waals surface area contributed by atoms with Crippen LogP contribution in [0.15, 0.2) is 72.8 Å². The predicted octanol–water partition coefficient (Wildman–Crippen LogP) is 5.59. The Labute approximate surface area is 181 Å². The second-order valence-corrected chi connectivity index (χ2v) is 8.46. The van der Waals surface area contributed by atoms with Crippen molar-refractivity contribution < 1.29 is 9.59 Å². The molecular formula is C25H24N2O2S. The molecule has 1 atom stereocenters. The first-order valence-corrected chi connectivity index (χ1v) is 11.1. The lowest BCUT2D eigenvalue weighted by Gasteiger charge is -2.25. The number of anilines is 2. The van der Waals surface area contributed by atoms with Crippen LogP contribution in [0.2, 0.25) is 0 Å². The van der Waals surface area contributed by atoms with Crippen molar-refractivity contribution in [1.82, 2.24) is 0 Å². The van der Waals surface area contributed by atoms with Gasteiger partial charge in [0.1, 0.15) is 5.37 Å². The molecular weight excluding hydrogens is 392 g/mol. The van der Waals surface area contributed by atoms with Crippen molar-refractivity contribution in [2.24, 2.45) is 0 Å². The van der Waals surface area contributed by atoms with E-state index < -0.39 is 0 Å². The minimum absolute atomic E-state index is 0.0966. The van der Waals surface area contributed by atoms with Crippen LogP contribution in [0, 0.1) is 6.92 Å². The normalized spacial score (nSPS) is 16.0. The smallest absolute Gasteiger partial charge is 0.255 e. The molecule has 1 aliphatic heterocycles. The fourth-order valence-electron chi connectivity index (χ4n) is 3.52. The third-order valence-electron chi connectivity index (χ3n) is 5.23. The highest BCUT2D eigenvalue weighted by Crippen LogP contribution is 2.42. The van der Waals surface area contributed by atoms with Crippen LogP contribution < -0.4 is 10.2 Å². The molecule has 0 unspecified atom stereocenters. The van der Waals surface area contributed by atoms with Crippen molar-refractivity contribution in [1.29, 1.82) is 0 Å². The molecule has 0 spiro atoms. The van der Waals surface area contributed by atoms with Crippen molar-refractivity contribution in [3.63, 3.8) is 0 Å². The van der Waals surface area contributed by atoms with Gasteiger partial charge in [0.25, 0.3) is 5.91 Å². The number of hydrogen-bond donors (Lipinski definition) is 1. The number of nitrogens with one attached hydrogen (secondary N) is 1. The van der Waals surface area contributed by atoms with E-state index in [0.717, 1.165) is 28.9 Å². The van der Waals surface area contributed by atoms with Gasteiger partial charge in [0.2, 0.25) is 5.91 Å². The van der Waals surface area contributed by atoms with Gasteiger partial charge in [-0.1, -0.05) is 48.9 Å². The lowest BCUT2D eigenvalue weighted by Crippen LogP contribution is -2.27. The van der Waals surface area contributed by atoms with Gasteiger partial charge in [-0.2, -0.15) is 0 Å². The lowest BCUT2D eigenvalue weighted by molar-refractivity contribution is -0.115. The van der Waals surface area contributed by atoms with Crippen LogP contribution in [-0.4, -0.2) is 17.6 Å². The molecule has 0 aromatic heterocycles. The van der Waals surface area contributed by atoms with Gasteiger partial charge >= 0.3 is 0 Å². The molecule has 1 aliphatic rings. The summed E-state index contributed by atoms with van der Waals surface area (Å²) in [7, 11) is 0. The molecule has 1 fully saturated rings. The Morgan fingerprint density at radius 3 is 2.50 bits per heavy atom. The Kier molecular flexibility index (Phi) is 5.91. The first-order valence-electron chi connectivity index (χ1n) is 10.1. The summed E-state index contributed by atoms with van der Waals surface area (Å²) in [6.07, 6.45) is 0.944. The minimum atomic E-state index is -0.139. The topological polar surface area (TPSA) is 49.4 Å². The molecule has 0 aliphatic carbocycles. The van der Waals surface area contributed by atoms with Gasteiger partial charge in [0.15, 0.2) is 0 Å². The maximum absolute atomic E-state index is 12.6. The fourth-order valence-corrected chi connectivity index (χ4v) is 4.69. The quantitative estimate of drug-likeness (QED) is 0.590. The van der Waals surface area contributed by atoms with Gasteiger partial charge in [0.05, 0.1) is 5.75 Å². The Hall–Kier alpha value is -3.05. The standard InChI is InChI=1S/C25H24N2O2S/c1-3-18-9-11-19(12-10-18)24(29)26-21-6-4-5-20(15-21)25-27(23(28)16-30-25)22-13-7-17(2)8-14-22/h4-15,25H,3,16H2,1-2H3,(H,26,29)/t25-/m0/s1. The third kappa shape index (κ3) is 4.26. The Bertz CT molecular complexity index is 1060. The summed E-state index contributed by atoms with van der Waals surface area (Å²) in [6.45, 7) is 4.12. The van der Waals surface area contributed by atoms with Gasteiger partial charge in [0, 0.05) is 16.9 Å². The SMILES string of the molecule is CCc1ccc(C(=O)Nc2cccc([C@@H]3SCC(=O)N3c3ccc(C)cc3)c2)cc1. The maximum Gasteiger partial charge on any atom is 0.255 e. The average molecular weight is 417 g/mol. The molecule has 1 saturated heterocycles. The van der Waals surface area contributed by atoms with Crippen molar-refractivity contribution in [3.8, 4) is 0 Å². The van der Waals surface area contributed by atoms with E-state index in [1.54, 1.807) is 11.8 Å². The van der Waals surface area contributed by atoms with Gasteiger partial charge in [-0.15, -0.1) is 11.8 Å². The zero-order valence-electron chi connectivity index (χ0n) is 17.1. The van der Waals surface area contributed by atoms with Crippen LogP contribution in [0.1, 0.15) is 39.3 Å². The summed E-state index contributed by atoms with van der Waals surface area (Å²) in [6, 6.07) is 23.4. The molecule has 0 radical (unpaired) electrons. The van der Waals surface area contributed by atoms with Crippen LogP contribution in [0.3, 0.4) is 0 Å². The number of amides is 2. The number of benzene rings is 3. The van der Waals surface area contributed by atoms with E-state index in [1.165, 1.54) is 5.56 Å². The molecule has 0 bridgehead atoms. The fraction of sp³-hybridized carbons (Fsp3) is 0.200. The second kappa shape index (κ2) is 8.76. The zero-order chi connectivity index (χ0) is 21.1. The van der Waals surface area contributed by atoms with E-state index in [-0.39, 0.29) is 17.2 Å². The monoisotopic (exact) mass is 416 g/mol. The van der Waals surface area contributed by atoms with Crippen molar-refractivity contribution >= 4 is 35.0 Å². The number of thioether (sulfide) groups is 1. The molecule has 0 saturated carbocycles. The van der Waals surface area contributed by atoms with Crippen LogP contribution in [0.4, 0.5) is 11.4 Å². The van der Waals surface area contributed by atoms with Crippen molar-refractivity contribution in [2.45, 2.75) is 25.6 Å². The zero-order valence-corrected chi connectivity index (χ0v) is 17.9. The van der Waals surface area contributed by atoms with E-state index in [9.17, 15) is 9.59 Å². The third-order valence-corrected chi connectivity index (χ3v) is 6.45. The van der Waals surface area contributed by atoms with Gasteiger partial charge in [-0.05, 0) is 60.9 Å². The highest BCUT2D eigenvalue weighted by molar-refractivity contribution is 8.00. The van der Waals surface area contributed by atoms with Gasteiger partial charge < -0.3 is 5.32 Å². The van der Waals surface area contributed by atoms with Gasteiger partial charge in [-0.25, -0.2) is 0 Å². The van der Waals surface area contributed by atoms with Gasteiger partial charge in [-0.3, -0.25) is 14.5 Å². The summed E-state index contributed by atoms with van der Waals surface area (Å²) < 4.78 is 0. The van der Waals surface area contributed by atoms with Crippen molar-refractivity contribution in [2.75, 3.05) is 16.0 Å². The minimum Gasteiger partial charge on any atom is -0.322 e. The first kappa shape index (κ1) is 20.2. The molecule has 2 amide bonds. The number of rotatable bonds is 5. The Morgan fingerprint density at radius 1 is 1.07 bits per heavy atom.